The summed E-state index contributed by atoms with van der Waals surface area (Å²) in [5, 5.41) is 18.5. The van der Waals surface area contributed by atoms with Crippen molar-refractivity contribution in [2.24, 2.45) is 0 Å². The maximum atomic E-state index is 13.5. The van der Waals surface area contributed by atoms with E-state index in [0.717, 1.165) is 24.3 Å². The number of morpholine rings is 1. The van der Waals surface area contributed by atoms with Crippen LogP contribution in [0.4, 0.5) is 18.9 Å². The molecule has 1 fully saturated rings. The van der Waals surface area contributed by atoms with Gasteiger partial charge in [-0.3, -0.25) is 4.79 Å². The second kappa shape index (κ2) is 11.7. The van der Waals surface area contributed by atoms with E-state index >= 15 is 0 Å². The number of carbonyl (C=O) groups is 1. The largest absolute Gasteiger partial charge is 0.435 e. The summed E-state index contributed by atoms with van der Waals surface area (Å²) in [5.74, 6) is -0.877. The van der Waals surface area contributed by atoms with E-state index in [0.29, 0.717) is 37.6 Å². The van der Waals surface area contributed by atoms with E-state index in [2.05, 4.69) is 25.8 Å². The van der Waals surface area contributed by atoms with Crippen LogP contribution in [0.1, 0.15) is 32.0 Å². The molecule has 2 aromatic rings. The molecule has 1 aromatic carbocycles. The summed E-state index contributed by atoms with van der Waals surface area (Å²) in [5.41, 5.74) is 0.450. The maximum absolute atomic E-state index is 13.5. The van der Waals surface area contributed by atoms with Crippen LogP contribution in [0.2, 0.25) is 0 Å². The fourth-order valence-electron chi connectivity index (χ4n) is 3.31. The van der Waals surface area contributed by atoms with Crippen LogP contribution in [0.5, 0.6) is 0 Å². The van der Waals surface area contributed by atoms with Crippen LogP contribution in [-0.4, -0.2) is 69.0 Å². The number of nitrogens with zero attached hydrogens (tertiary/aromatic N) is 2. The molecule has 0 saturated carbocycles. The van der Waals surface area contributed by atoms with Crippen molar-refractivity contribution in [3.8, 4) is 0 Å². The predicted molar refractivity (Wildman–Crippen MR) is 120 cm³/mol. The lowest BCUT2D eigenvalue weighted by atomic mass is 10.1. The number of hydrogen-bond acceptors (Lipinski definition) is 8. The smallest absolute Gasteiger partial charge is 0.385 e. The number of thiazole rings is 1. The first-order valence-corrected chi connectivity index (χ1v) is 11.4. The molecule has 0 aliphatic carbocycles. The summed E-state index contributed by atoms with van der Waals surface area (Å²) in [4.78, 5) is 17.8. The molecule has 182 valence electrons. The van der Waals surface area contributed by atoms with E-state index in [1.807, 2.05) is 18.2 Å². The Morgan fingerprint density at radius 2 is 2.06 bits per heavy atom. The molecule has 2 heterocycles. The van der Waals surface area contributed by atoms with Crippen LogP contribution < -0.4 is 20.9 Å². The molecule has 1 saturated heterocycles. The van der Waals surface area contributed by atoms with E-state index in [9.17, 15) is 23.1 Å². The molecule has 8 nitrogen and oxygen atoms in total. The normalized spacial score (nSPS) is 15.5. The van der Waals surface area contributed by atoms with Gasteiger partial charge in [0.05, 0.1) is 13.2 Å². The van der Waals surface area contributed by atoms with Crippen LogP contribution >= 0.6 is 11.3 Å². The Balaban J connectivity index is 1.68. The lowest BCUT2D eigenvalue weighted by Crippen LogP contribution is -2.36. The molecule has 12 heteroatoms. The zero-order valence-electron chi connectivity index (χ0n) is 18.2. The minimum absolute atomic E-state index is 0.0296. The van der Waals surface area contributed by atoms with E-state index < -0.39 is 28.8 Å². The zero-order valence-corrected chi connectivity index (χ0v) is 19.1. The van der Waals surface area contributed by atoms with E-state index in [1.54, 1.807) is 13.1 Å². The molecule has 1 atom stereocenters. The van der Waals surface area contributed by atoms with Gasteiger partial charge in [-0.15, -0.1) is 11.3 Å². The summed E-state index contributed by atoms with van der Waals surface area (Å²) in [6, 6.07) is 7.48. The van der Waals surface area contributed by atoms with Gasteiger partial charge in [0, 0.05) is 45.0 Å². The van der Waals surface area contributed by atoms with Gasteiger partial charge in [-0.25, -0.2) is 4.98 Å². The number of nitrogens with one attached hydrogen (secondary N) is 3. The predicted octanol–water partition coefficient (Wildman–Crippen LogP) is 1.77. The molecule has 1 aliphatic heterocycles. The third-order valence-corrected chi connectivity index (χ3v) is 6.19. The lowest BCUT2D eigenvalue weighted by Gasteiger charge is -2.29. The second-order valence-electron chi connectivity index (χ2n) is 7.50. The molecular weight excluding hydrogens is 459 g/mol. The fraction of sp³-hybridized carbons (Fsp3) is 0.524. The van der Waals surface area contributed by atoms with Crippen molar-refractivity contribution in [2.45, 2.75) is 18.8 Å². The van der Waals surface area contributed by atoms with Crippen LogP contribution in [0, 0.1) is 0 Å². The first kappa shape index (κ1) is 25.4. The van der Waals surface area contributed by atoms with E-state index in [1.165, 1.54) is 0 Å². The molecule has 3 rings (SSSR count). The molecule has 1 unspecified atom stereocenters. The maximum Gasteiger partial charge on any atom is 0.435 e. The van der Waals surface area contributed by atoms with Gasteiger partial charge in [0.1, 0.15) is 16.0 Å². The molecule has 0 bridgehead atoms. The number of aliphatic hydroxyl groups is 1. The Labute approximate surface area is 194 Å². The Hall–Kier alpha value is -2.25. The third-order valence-electron chi connectivity index (χ3n) is 5.03. The van der Waals surface area contributed by atoms with Crippen LogP contribution in [0.3, 0.4) is 0 Å². The second-order valence-corrected chi connectivity index (χ2v) is 8.53. The lowest BCUT2D eigenvalue weighted by molar-refractivity contribution is -0.141. The summed E-state index contributed by atoms with van der Waals surface area (Å²) >= 11 is 0.556. The number of amides is 1. The van der Waals surface area contributed by atoms with Gasteiger partial charge in [-0.1, -0.05) is 12.1 Å². The SMILES string of the molecule is CNCCNCC(O)c1nc(C(F)(F)F)c(C(=O)NCc2cccc(N3CCOCC3)c2)s1. The number of ether oxygens (including phenoxy) is 1. The molecule has 0 radical (unpaired) electrons. The highest BCUT2D eigenvalue weighted by Crippen LogP contribution is 2.36. The van der Waals surface area contributed by atoms with Crippen molar-refractivity contribution in [2.75, 3.05) is 57.9 Å². The molecule has 4 N–H and O–H groups in total. The van der Waals surface area contributed by atoms with Crippen molar-refractivity contribution in [1.29, 1.82) is 0 Å². The highest BCUT2D eigenvalue weighted by Gasteiger charge is 2.40. The van der Waals surface area contributed by atoms with Gasteiger partial charge >= 0.3 is 6.18 Å². The van der Waals surface area contributed by atoms with Crippen LogP contribution in [-0.2, 0) is 17.5 Å². The number of aliphatic hydroxyl groups excluding tert-OH is 1. The van der Waals surface area contributed by atoms with Crippen molar-refractivity contribution >= 4 is 22.9 Å². The number of rotatable bonds is 10. The molecule has 0 spiro atoms. The quantitative estimate of drug-likeness (QED) is 0.379. The van der Waals surface area contributed by atoms with Gasteiger partial charge in [0.2, 0.25) is 0 Å². The van der Waals surface area contributed by atoms with Gasteiger partial charge in [0.15, 0.2) is 5.69 Å². The number of anilines is 1. The van der Waals surface area contributed by atoms with Crippen LogP contribution in [0.15, 0.2) is 24.3 Å². The number of aromatic nitrogens is 1. The molecule has 33 heavy (non-hydrogen) atoms. The zero-order chi connectivity index (χ0) is 23.8. The van der Waals surface area contributed by atoms with Gasteiger partial charge in [-0.05, 0) is 24.7 Å². The van der Waals surface area contributed by atoms with Crippen molar-refractivity contribution in [3.05, 3.63) is 45.4 Å². The monoisotopic (exact) mass is 487 g/mol. The molecule has 1 aromatic heterocycles. The Kier molecular flexibility index (Phi) is 9.03. The number of benzene rings is 1. The number of likely N-dealkylation sites (N-methyl/N-ethyl adjacent to an activating group) is 1. The summed E-state index contributed by atoms with van der Waals surface area (Å²) in [6.07, 6.45) is -6.06. The average molecular weight is 488 g/mol. The average Bonchev–Trinajstić information content (AvgIpc) is 3.28. The Bertz CT molecular complexity index is 919. The Morgan fingerprint density at radius 1 is 1.30 bits per heavy atom. The van der Waals surface area contributed by atoms with E-state index in [4.69, 9.17) is 4.74 Å². The third kappa shape index (κ3) is 7.11. The fourth-order valence-corrected chi connectivity index (χ4v) is 4.30. The highest BCUT2D eigenvalue weighted by atomic mass is 32.1. The number of alkyl halides is 3. The minimum atomic E-state index is -4.81. The Morgan fingerprint density at radius 3 is 2.76 bits per heavy atom. The first-order chi connectivity index (χ1) is 15.8. The standard InChI is InChI=1S/C21H28F3N5O3S/c1-25-5-6-26-13-16(30)20-28-18(21(22,23)24)17(33-20)19(31)27-12-14-3-2-4-15(11-14)29-7-9-32-10-8-29/h2-4,11,16,25-26,30H,5-10,12-13H2,1H3,(H,27,31). The number of carbonyl (C=O) groups excluding carboxylic acids is 1. The number of hydrogen-bond donors (Lipinski definition) is 4. The van der Waals surface area contributed by atoms with Gasteiger partial charge in [-0.2, -0.15) is 13.2 Å². The topological polar surface area (TPSA) is 98.8 Å². The van der Waals surface area contributed by atoms with Gasteiger partial charge in [0.25, 0.3) is 5.91 Å². The number of halogens is 3. The van der Waals surface area contributed by atoms with Crippen molar-refractivity contribution < 1.29 is 27.8 Å². The first-order valence-electron chi connectivity index (χ1n) is 10.6. The van der Waals surface area contributed by atoms with Crippen molar-refractivity contribution in [3.63, 3.8) is 0 Å². The molecule has 1 aliphatic rings. The summed E-state index contributed by atoms with van der Waals surface area (Å²) in [6.45, 7) is 4.02. The molecular formula is C21H28F3N5O3S. The highest BCUT2D eigenvalue weighted by molar-refractivity contribution is 7.13. The molecule has 1 amide bonds. The van der Waals surface area contributed by atoms with Crippen molar-refractivity contribution in [1.82, 2.24) is 20.9 Å². The van der Waals surface area contributed by atoms with E-state index in [-0.39, 0.29) is 18.1 Å². The van der Waals surface area contributed by atoms with Crippen LogP contribution in [0.25, 0.3) is 0 Å². The van der Waals surface area contributed by atoms with Gasteiger partial charge < -0.3 is 30.7 Å². The summed E-state index contributed by atoms with van der Waals surface area (Å²) in [7, 11) is 1.76. The summed E-state index contributed by atoms with van der Waals surface area (Å²) < 4.78 is 45.9. The minimum Gasteiger partial charge on any atom is -0.385 e.